The average molecular weight is 252 g/mol. The van der Waals surface area contributed by atoms with Gasteiger partial charge in [-0.05, 0) is 17.7 Å². The molecule has 0 fully saturated rings. The first-order chi connectivity index (χ1) is 8.92. The number of rotatable bonds is 3. The third-order valence-corrected chi connectivity index (χ3v) is 3.63. The molecule has 0 saturated carbocycles. The number of hydrogen-bond donors (Lipinski definition) is 0. The molecule has 3 heteroatoms. The molecule has 0 aliphatic heterocycles. The van der Waals surface area contributed by atoms with E-state index in [9.17, 15) is 0 Å². The molecule has 88 valence electrons. The Morgan fingerprint density at radius 3 is 2.39 bits per heavy atom. The van der Waals surface area contributed by atoms with Gasteiger partial charge in [-0.1, -0.05) is 42.5 Å². The van der Waals surface area contributed by atoms with Gasteiger partial charge in [0.15, 0.2) is 0 Å². The van der Waals surface area contributed by atoms with Crippen LogP contribution in [-0.4, -0.2) is 9.97 Å². The minimum Gasteiger partial charge on any atom is -0.252 e. The zero-order chi connectivity index (χ0) is 12.2. The summed E-state index contributed by atoms with van der Waals surface area (Å²) in [5.74, 6) is 0.924. The normalized spacial score (nSPS) is 10.7. The Morgan fingerprint density at radius 2 is 1.56 bits per heavy atom. The molecule has 18 heavy (non-hydrogen) atoms. The lowest BCUT2D eigenvalue weighted by molar-refractivity contribution is 1.12. The predicted octanol–water partition coefficient (Wildman–Crippen LogP) is 3.92. The molecule has 0 N–H and O–H groups in total. The zero-order valence-corrected chi connectivity index (χ0v) is 10.6. The van der Waals surface area contributed by atoms with E-state index in [1.165, 1.54) is 5.56 Å². The number of fused-ring (bicyclic) bond motifs is 1. The Morgan fingerprint density at radius 1 is 0.833 bits per heavy atom. The van der Waals surface area contributed by atoms with Crippen LogP contribution < -0.4 is 0 Å². The number of para-hydroxylation sites is 2. The molecule has 1 aromatic heterocycles. The maximum Gasteiger partial charge on any atom is 0.115 e. The van der Waals surface area contributed by atoms with E-state index < -0.39 is 0 Å². The van der Waals surface area contributed by atoms with E-state index in [0.717, 1.165) is 21.8 Å². The van der Waals surface area contributed by atoms with E-state index in [1.807, 2.05) is 36.5 Å². The van der Waals surface area contributed by atoms with Gasteiger partial charge in [-0.25, -0.2) is 4.98 Å². The van der Waals surface area contributed by atoms with Gasteiger partial charge in [0.05, 0.1) is 17.2 Å². The lowest BCUT2D eigenvalue weighted by Gasteiger charge is -2.02. The number of benzene rings is 2. The van der Waals surface area contributed by atoms with Gasteiger partial charge in [0, 0.05) is 5.75 Å². The van der Waals surface area contributed by atoms with E-state index in [0.29, 0.717) is 0 Å². The highest BCUT2D eigenvalue weighted by atomic mass is 32.2. The van der Waals surface area contributed by atoms with E-state index in [-0.39, 0.29) is 0 Å². The lowest BCUT2D eigenvalue weighted by atomic mass is 10.2. The highest BCUT2D eigenvalue weighted by molar-refractivity contribution is 7.98. The summed E-state index contributed by atoms with van der Waals surface area (Å²) < 4.78 is 0. The largest absolute Gasteiger partial charge is 0.252 e. The van der Waals surface area contributed by atoms with Crippen LogP contribution in [0.1, 0.15) is 5.56 Å². The van der Waals surface area contributed by atoms with Crippen molar-refractivity contribution in [2.24, 2.45) is 0 Å². The third kappa shape index (κ3) is 2.51. The number of nitrogens with zero attached hydrogens (tertiary/aromatic N) is 2. The van der Waals surface area contributed by atoms with Gasteiger partial charge >= 0.3 is 0 Å². The number of aromatic nitrogens is 2. The van der Waals surface area contributed by atoms with Gasteiger partial charge in [-0.2, -0.15) is 0 Å². The van der Waals surface area contributed by atoms with Gasteiger partial charge in [-0.3, -0.25) is 4.98 Å². The highest BCUT2D eigenvalue weighted by Gasteiger charge is 2.00. The molecule has 0 spiro atoms. The second kappa shape index (κ2) is 5.19. The van der Waals surface area contributed by atoms with Crippen LogP contribution in [0.15, 0.2) is 65.8 Å². The molecule has 0 unspecified atom stereocenters. The van der Waals surface area contributed by atoms with E-state index in [1.54, 1.807) is 11.8 Å². The topological polar surface area (TPSA) is 25.8 Å². The van der Waals surface area contributed by atoms with Crippen LogP contribution in [-0.2, 0) is 5.75 Å². The fourth-order valence-electron chi connectivity index (χ4n) is 1.74. The molecule has 1 heterocycles. The first kappa shape index (κ1) is 11.2. The maximum atomic E-state index is 4.59. The molecule has 0 radical (unpaired) electrons. The summed E-state index contributed by atoms with van der Waals surface area (Å²) in [6, 6.07) is 18.3. The number of thioether (sulfide) groups is 1. The minimum atomic E-state index is 0.924. The van der Waals surface area contributed by atoms with Gasteiger partial charge < -0.3 is 0 Å². The van der Waals surface area contributed by atoms with Crippen molar-refractivity contribution in [1.29, 1.82) is 0 Å². The molecule has 3 aromatic rings. The van der Waals surface area contributed by atoms with Crippen molar-refractivity contribution in [2.75, 3.05) is 0 Å². The van der Waals surface area contributed by atoms with Gasteiger partial charge in [0.1, 0.15) is 5.03 Å². The molecule has 2 nitrogen and oxygen atoms in total. The summed E-state index contributed by atoms with van der Waals surface area (Å²) in [5, 5.41) is 0.970. The van der Waals surface area contributed by atoms with Crippen molar-refractivity contribution in [1.82, 2.24) is 9.97 Å². The van der Waals surface area contributed by atoms with Crippen LogP contribution in [0.3, 0.4) is 0 Å². The monoisotopic (exact) mass is 252 g/mol. The van der Waals surface area contributed by atoms with Gasteiger partial charge in [0.2, 0.25) is 0 Å². The quantitative estimate of drug-likeness (QED) is 0.661. The summed E-state index contributed by atoms with van der Waals surface area (Å²) in [7, 11) is 0. The second-order valence-corrected chi connectivity index (χ2v) is 4.97. The molecule has 0 atom stereocenters. The maximum absolute atomic E-state index is 4.59. The highest BCUT2D eigenvalue weighted by Crippen LogP contribution is 2.21. The van der Waals surface area contributed by atoms with E-state index in [2.05, 4.69) is 34.2 Å². The Balaban J connectivity index is 1.79. The van der Waals surface area contributed by atoms with Crippen molar-refractivity contribution in [2.45, 2.75) is 10.8 Å². The van der Waals surface area contributed by atoms with Crippen LogP contribution in [0, 0.1) is 0 Å². The molecule has 0 amide bonds. The summed E-state index contributed by atoms with van der Waals surface area (Å²) in [6.45, 7) is 0. The first-order valence-electron chi connectivity index (χ1n) is 5.80. The van der Waals surface area contributed by atoms with Crippen LogP contribution in [0.4, 0.5) is 0 Å². The Hall–Kier alpha value is -1.87. The summed E-state index contributed by atoms with van der Waals surface area (Å²) in [6.07, 6.45) is 1.84. The molecule has 2 aromatic carbocycles. The van der Waals surface area contributed by atoms with Crippen molar-refractivity contribution in [3.63, 3.8) is 0 Å². The van der Waals surface area contributed by atoms with Crippen molar-refractivity contribution in [3.8, 4) is 0 Å². The summed E-state index contributed by atoms with van der Waals surface area (Å²) in [4.78, 5) is 9.00. The first-order valence-corrected chi connectivity index (χ1v) is 6.79. The zero-order valence-electron chi connectivity index (χ0n) is 9.78. The van der Waals surface area contributed by atoms with E-state index >= 15 is 0 Å². The predicted molar refractivity (Wildman–Crippen MR) is 75.5 cm³/mol. The van der Waals surface area contributed by atoms with Crippen molar-refractivity contribution in [3.05, 3.63) is 66.4 Å². The molecule has 0 saturated heterocycles. The van der Waals surface area contributed by atoms with E-state index in [4.69, 9.17) is 0 Å². The van der Waals surface area contributed by atoms with Crippen LogP contribution in [0.5, 0.6) is 0 Å². The molecular formula is C15H12N2S. The van der Waals surface area contributed by atoms with Crippen molar-refractivity contribution < 1.29 is 0 Å². The Bertz CT molecular complexity index is 653. The smallest absolute Gasteiger partial charge is 0.115 e. The molecular weight excluding hydrogens is 240 g/mol. The minimum absolute atomic E-state index is 0.924. The van der Waals surface area contributed by atoms with Crippen LogP contribution >= 0.6 is 11.8 Å². The number of hydrogen-bond acceptors (Lipinski definition) is 3. The molecule has 0 aliphatic rings. The lowest BCUT2D eigenvalue weighted by Crippen LogP contribution is -1.87. The van der Waals surface area contributed by atoms with Crippen LogP contribution in [0.25, 0.3) is 11.0 Å². The molecule has 0 bridgehead atoms. The van der Waals surface area contributed by atoms with Crippen LogP contribution in [0.2, 0.25) is 0 Å². The second-order valence-electron chi connectivity index (χ2n) is 3.97. The van der Waals surface area contributed by atoms with Gasteiger partial charge in [0.25, 0.3) is 0 Å². The third-order valence-electron chi connectivity index (χ3n) is 2.66. The van der Waals surface area contributed by atoms with Crippen molar-refractivity contribution >= 4 is 22.8 Å². The van der Waals surface area contributed by atoms with Gasteiger partial charge in [-0.15, -0.1) is 11.8 Å². The summed E-state index contributed by atoms with van der Waals surface area (Å²) in [5.41, 5.74) is 3.20. The average Bonchev–Trinajstić information content (AvgIpc) is 2.46. The summed E-state index contributed by atoms with van der Waals surface area (Å²) >= 11 is 1.71. The molecule has 3 rings (SSSR count). The fourth-order valence-corrected chi connectivity index (χ4v) is 2.54. The molecule has 0 aliphatic carbocycles. The Labute approximate surface area is 110 Å². The standard InChI is InChI=1S/C15H12N2S/c1-2-6-12(7-3-1)11-18-15-10-16-13-8-4-5-9-14(13)17-15/h1-10H,11H2. The Kier molecular flexibility index (Phi) is 3.24. The fraction of sp³-hybridized carbons (Fsp3) is 0.0667. The SMILES string of the molecule is c1ccc(CSc2cnc3ccccc3n2)cc1.